The average Bonchev–Trinajstić information content (AvgIpc) is 2.48. The zero-order valence-corrected chi connectivity index (χ0v) is 14.8. The first-order chi connectivity index (χ1) is 10.8. The van der Waals surface area contributed by atoms with Gasteiger partial charge in [-0.05, 0) is 51.0 Å². The second-order valence-electron chi connectivity index (χ2n) is 5.94. The van der Waals surface area contributed by atoms with Gasteiger partial charge in [-0.25, -0.2) is 13.1 Å². The lowest BCUT2D eigenvalue weighted by atomic mass is 9.96. The molecule has 0 radical (unpaired) electrons. The molecule has 1 N–H and O–H groups in total. The van der Waals surface area contributed by atoms with E-state index in [0.717, 1.165) is 22.3 Å². The highest BCUT2D eigenvalue weighted by Gasteiger charge is 2.21. The van der Waals surface area contributed by atoms with Crippen molar-refractivity contribution in [2.45, 2.75) is 38.6 Å². The van der Waals surface area contributed by atoms with Crippen LogP contribution < -0.4 is 4.72 Å². The van der Waals surface area contributed by atoms with Gasteiger partial charge in [0.05, 0.1) is 4.90 Å². The Kier molecular flexibility index (Phi) is 5.39. The summed E-state index contributed by atoms with van der Waals surface area (Å²) in [6.07, 6.45) is 0. The van der Waals surface area contributed by atoms with Crippen molar-refractivity contribution >= 4 is 15.6 Å². The first-order valence-corrected chi connectivity index (χ1v) is 9.11. The smallest absolute Gasteiger partial charge is 0.207 e. The molecular formula is C19H23NO2S. The van der Waals surface area contributed by atoms with Gasteiger partial charge in [-0.3, -0.25) is 0 Å². The number of hydrogen-bond acceptors (Lipinski definition) is 2. The topological polar surface area (TPSA) is 46.2 Å². The highest BCUT2D eigenvalue weighted by Crippen LogP contribution is 2.23. The van der Waals surface area contributed by atoms with Gasteiger partial charge in [0.2, 0.25) is 10.0 Å². The summed E-state index contributed by atoms with van der Waals surface area (Å²) in [7, 11) is -3.55. The molecule has 2 rings (SSSR count). The minimum Gasteiger partial charge on any atom is -0.207 e. The lowest BCUT2D eigenvalue weighted by Crippen LogP contribution is -2.33. The molecule has 122 valence electrons. The molecule has 0 aliphatic heterocycles. The zero-order valence-electron chi connectivity index (χ0n) is 14.0. The number of aryl methyl sites for hydroxylation is 1. The summed E-state index contributed by atoms with van der Waals surface area (Å²) in [6.45, 7) is 7.81. The van der Waals surface area contributed by atoms with Gasteiger partial charge in [0.1, 0.15) is 0 Å². The summed E-state index contributed by atoms with van der Waals surface area (Å²) < 4.78 is 27.9. The Bertz CT molecular complexity index is 787. The Balaban J connectivity index is 2.31. The normalized spacial score (nSPS) is 12.7. The Labute approximate surface area is 139 Å². The standard InChI is InChI=1S/C19H23NO2S/c1-14(2)19(17-8-6-5-7-9-17)16(4)20-23(21,22)18-12-10-15(3)11-13-18/h5-13,16,20H,1-4H3. The summed E-state index contributed by atoms with van der Waals surface area (Å²) in [5.41, 5.74) is 4.16. The van der Waals surface area contributed by atoms with Crippen molar-refractivity contribution in [3.63, 3.8) is 0 Å². The fourth-order valence-electron chi connectivity index (χ4n) is 2.67. The van der Waals surface area contributed by atoms with Crippen LogP contribution in [0.5, 0.6) is 0 Å². The summed E-state index contributed by atoms with van der Waals surface area (Å²) in [6, 6.07) is 16.4. The minimum atomic E-state index is -3.55. The van der Waals surface area contributed by atoms with E-state index in [0.29, 0.717) is 0 Å². The third kappa shape index (κ3) is 4.30. The number of allylic oxidation sites excluding steroid dienone is 1. The van der Waals surface area contributed by atoms with Gasteiger partial charge in [0, 0.05) is 6.04 Å². The van der Waals surface area contributed by atoms with Crippen LogP contribution in [0.1, 0.15) is 31.9 Å². The van der Waals surface area contributed by atoms with Crippen molar-refractivity contribution in [1.29, 1.82) is 0 Å². The molecule has 0 saturated heterocycles. The van der Waals surface area contributed by atoms with Crippen molar-refractivity contribution in [2.75, 3.05) is 0 Å². The largest absolute Gasteiger partial charge is 0.241 e. The SMILES string of the molecule is CC(C)=C(c1ccccc1)C(C)NS(=O)(=O)c1ccc(C)cc1. The highest BCUT2D eigenvalue weighted by molar-refractivity contribution is 7.89. The van der Waals surface area contributed by atoms with E-state index in [1.54, 1.807) is 24.3 Å². The fraction of sp³-hybridized carbons (Fsp3) is 0.263. The molecule has 0 aliphatic rings. The molecule has 0 aromatic heterocycles. The third-order valence-corrected chi connectivity index (χ3v) is 5.28. The highest BCUT2D eigenvalue weighted by atomic mass is 32.2. The Morgan fingerprint density at radius 1 is 0.957 bits per heavy atom. The number of rotatable bonds is 5. The van der Waals surface area contributed by atoms with E-state index < -0.39 is 10.0 Å². The van der Waals surface area contributed by atoms with E-state index >= 15 is 0 Å². The molecule has 0 saturated carbocycles. The van der Waals surface area contributed by atoms with Gasteiger partial charge in [0.25, 0.3) is 0 Å². The molecule has 1 atom stereocenters. The lowest BCUT2D eigenvalue weighted by Gasteiger charge is -2.20. The quantitative estimate of drug-likeness (QED) is 0.895. The van der Waals surface area contributed by atoms with Crippen LogP contribution in [-0.4, -0.2) is 14.5 Å². The van der Waals surface area contributed by atoms with Gasteiger partial charge in [-0.1, -0.05) is 53.6 Å². The maximum absolute atomic E-state index is 12.6. The fourth-order valence-corrected chi connectivity index (χ4v) is 3.88. The van der Waals surface area contributed by atoms with Crippen molar-refractivity contribution in [3.05, 3.63) is 71.3 Å². The van der Waals surface area contributed by atoms with Gasteiger partial charge < -0.3 is 0 Å². The summed E-state index contributed by atoms with van der Waals surface area (Å²) in [4.78, 5) is 0.288. The number of hydrogen-bond donors (Lipinski definition) is 1. The average molecular weight is 329 g/mol. The van der Waals surface area contributed by atoms with E-state index in [1.807, 2.05) is 58.0 Å². The molecule has 4 heteroatoms. The van der Waals surface area contributed by atoms with Crippen LogP contribution in [0.15, 0.2) is 65.1 Å². The van der Waals surface area contributed by atoms with Crippen molar-refractivity contribution in [1.82, 2.24) is 4.72 Å². The number of benzene rings is 2. The van der Waals surface area contributed by atoms with E-state index in [1.165, 1.54) is 0 Å². The van der Waals surface area contributed by atoms with E-state index in [9.17, 15) is 8.42 Å². The summed E-state index contributed by atoms with van der Waals surface area (Å²) >= 11 is 0. The van der Waals surface area contributed by atoms with E-state index in [-0.39, 0.29) is 10.9 Å². The van der Waals surface area contributed by atoms with Gasteiger partial charge in [-0.2, -0.15) is 0 Å². The van der Waals surface area contributed by atoms with Crippen molar-refractivity contribution in [3.8, 4) is 0 Å². The van der Waals surface area contributed by atoms with Crippen LogP contribution >= 0.6 is 0 Å². The lowest BCUT2D eigenvalue weighted by molar-refractivity contribution is 0.577. The van der Waals surface area contributed by atoms with Crippen LogP contribution in [0.4, 0.5) is 0 Å². The molecule has 0 aliphatic carbocycles. The molecule has 0 amide bonds. The van der Waals surface area contributed by atoms with E-state index in [2.05, 4.69) is 4.72 Å². The second-order valence-corrected chi connectivity index (χ2v) is 7.65. The molecule has 1 unspecified atom stereocenters. The van der Waals surface area contributed by atoms with E-state index in [4.69, 9.17) is 0 Å². The molecule has 0 heterocycles. The maximum atomic E-state index is 12.6. The van der Waals surface area contributed by atoms with Crippen LogP contribution in [0.3, 0.4) is 0 Å². The molecule has 0 bridgehead atoms. The van der Waals surface area contributed by atoms with Crippen LogP contribution in [0.2, 0.25) is 0 Å². The first-order valence-electron chi connectivity index (χ1n) is 7.63. The van der Waals surface area contributed by atoms with Crippen LogP contribution in [-0.2, 0) is 10.0 Å². The summed E-state index contributed by atoms with van der Waals surface area (Å²) in [5, 5.41) is 0. The maximum Gasteiger partial charge on any atom is 0.241 e. The number of sulfonamides is 1. The Hall–Kier alpha value is -1.91. The zero-order chi connectivity index (χ0) is 17.0. The van der Waals surface area contributed by atoms with Gasteiger partial charge in [0.15, 0.2) is 0 Å². The third-order valence-electron chi connectivity index (χ3n) is 3.72. The monoisotopic (exact) mass is 329 g/mol. The first kappa shape index (κ1) is 17.4. The van der Waals surface area contributed by atoms with Crippen LogP contribution in [0, 0.1) is 6.92 Å². The Morgan fingerprint density at radius 2 is 1.52 bits per heavy atom. The van der Waals surface area contributed by atoms with Crippen LogP contribution in [0.25, 0.3) is 5.57 Å². The molecule has 0 fully saturated rings. The molecule has 23 heavy (non-hydrogen) atoms. The minimum absolute atomic E-state index is 0.288. The van der Waals surface area contributed by atoms with Gasteiger partial charge >= 0.3 is 0 Å². The predicted octanol–water partition coefficient (Wildman–Crippen LogP) is 4.16. The van der Waals surface area contributed by atoms with Gasteiger partial charge in [-0.15, -0.1) is 0 Å². The predicted molar refractivity (Wildman–Crippen MR) is 95.7 cm³/mol. The molecule has 0 spiro atoms. The molecule has 2 aromatic carbocycles. The number of nitrogens with one attached hydrogen (secondary N) is 1. The molecule has 3 nitrogen and oxygen atoms in total. The Morgan fingerprint density at radius 3 is 2.04 bits per heavy atom. The van der Waals surface area contributed by atoms with Crippen molar-refractivity contribution in [2.24, 2.45) is 0 Å². The van der Waals surface area contributed by atoms with Crippen molar-refractivity contribution < 1.29 is 8.42 Å². The molecular weight excluding hydrogens is 306 g/mol. The summed E-state index contributed by atoms with van der Waals surface area (Å²) in [5.74, 6) is 0. The second kappa shape index (κ2) is 7.11. The molecule has 2 aromatic rings.